The minimum Gasteiger partial charge on any atom is -0.336 e. The summed E-state index contributed by atoms with van der Waals surface area (Å²) >= 11 is 0. The Kier molecular flexibility index (Phi) is 6.13. The fraction of sp³-hybridized carbons (Fsp3) is 0.423. The van der Waals surface area contributed by atoms with E-state index in [1.807, 2.05) is 57.2 Å². The van der Waals surface area contributed by atoms with Gasteiger partial charge in [-0.05, 0) is 55.2 Å². The molecule has 0 saturated carbocycles. The van der Waals surface area contributed by atoms with Crippen molar-refractivity contribution in [2.24, 2.45) is 0 Å². The second-order valence-corrected chi connectivity index (χ2v) is 9.04. The molecule has 0 unspecified atom stereocenters. The molecule has 3 aliphatic rings. The number of hydrogen-bond donors (Lipinski definition) is 0. The van der Waals surface area contributed by atoms with Crippen molar-refractivity contribution in [1.82, 2.24) is 9.80 Å². The first-order valence-corrected chi connectivity index (χ1v) is 11.9. The molecular weight excluding hydrogens is 416 g/mol. The number of carbonyl (C=O) groups is 3. The van der Waals surface area contributed by atoms with Gasteiger partial charge in [0.25, 0.3) is 5.91 Å². The molecule has 2 aromatic rings. The fourth-order valence-electron chi connectivity index (χ4n) is 5.03. The Bertz CT molecular complexity index is 1040. The van der Waals surface area contributed by atoms with Gasteiger partial charge >= 0.3 is 0 Å². The minimum absolute atomic E-state index is 0.00553. The molecule has 0 aliphatic carbocycles. The number of rotatable bonds is 4. The quantitative estimate of drug-likeness (QED) is 0.724. The first-order valence-electron chi connectivity index (χ1n) is 11.9. The molecule has 0 spiro atoms. The lowest BCUT2D eigenvalue weighted by Crippen LogP contribution is -2.51. The van der Waals surface area contributed by atoms with E-state index in [0.717, 1.165) is 43.7 Å². The van der Waals surface area contributed by atoms with E-state index in [0.29, 0.717) is 44.7 Å². The molecule has 0 radical (unpaired) electrons. The molecule has 7 heteroatoms. The van der Waals surface area contributed by atoms with Gasteiger partial charge in [-0.1, -0.05) is 18.2 Å². The van der Waals surface area contributed by atoms with E-state index in [9.17, 15) is 14.4 Å². The predicted molar refractivity (Wildman–Crippen MR) is 127 cm³/mol. The third kappa shape index (κ3) is 4.50. The smallest absolute Gasteiger partial charge is 0.253 e. The zero-order valence-electron chi connectivity index (χ0n) is 18.9. The number of piperazine rings is 1. The Hall–Kier alpha value is -3.19. The van der Waals surface area contributed by atoms with Gasteiger partial charge < -0.3 is 14.7 Å². The molecule has 3 heterocycles. The van der Waals surface area contributed by atoms with E-state index in [1.165, 1.54) is 5.56 Å². The Morgan fingerprint density at radius 1 is 0.788 bits per heavy atom. The van der Waals surface area contributed by atoms with Gasteiger partial charge in [0.05, 0.1) is 6.54 Å². The molecule has 33 heavy (non-hydrogen) atoms. The van der Waals surface area contributed by atoms with Crippen LogP contribution < -0.4 is 9.80 Å². The lowest BCUT2D eigenvalue weighted by Gasteiger charge is -2.35. The minimum atomic E-state index is 0.00553. The largest absolute Gasteiger partial charge is 0.336 e. The first-order chi connectivity index (χ1) is 16.1. The number of nitrogens with zero attached hydrogens (tertiary/aromatic N) is 4. The highest BCUT2D eigenvalue weighted by molar-refractivity contribution is 5.98. The highest BCUT2D eigenvalue weighted by atomic mass is 16.2. The fourth-order valence-corrected chi connectivity index (χ4v) is 5.03. The Labute approximate surface area is 194 Å². The molecular formula is C26H30N4O3. The summed E-state index contributed by atoms with van der Waals surface area (Å²) in [6.07, 6.45) is 3.48. The van der Waals surface area contributed by atoms with Gasteiger partial charge in [0.15, 0.2) is 0 Å². The normalized spacial score (nSPS) is 19.0. The van der Waals surface area contributed by atoms with Crippen LogP contribution >= 0.6 is 0 Å². The van der Waals surface area contributed by atoms with Gasteiger partial charge in [0, 0.05) is 62.6 Å². The monoisotopic (exact) mass is 446 g/mol. The number of carbonyl (C=O) groups excluding carboxylic acids is 3. The second kappa shape index (κ2) is 9.35. The van der Waals surface area contributed by atoms with Gasteiger partial charge in [-0.3, -0.25) is 19.3 Å². The number of fused-ring (bicyclic) bond motifs is 1. The van der Waals surface area contributed by atoms with E-state index in [-0.39, 0.29) is 17.7 Å². The number of para-hydroxylation sites is 1. The highest BCUT2D eigenvalue weighted by Gasteiger charge is 2.28. The second-order valence-electron chi connectivity index (χ2n) is 9.04. The van der Waals surface area contributed by atoms with Crippen LogP contribution in [0.2, 0.25) is 0 Å². The molecule has 2 aromatic carbocycles. The topological polar surface area (TPSA) is 64.2 Å². The SMILES string of the molecule is O=C(c1ccc(N2CCCCC2=O)cc1)N1CCN(CC(=O)N2CCc3ccccc32)CC1. The molecule has 0 aromatic heterocycles. The van der Waals surface area contributed by atoms with Crippen molar-refractivity contribution < 1.29 is 14.4 Å². The predicted octanol–water partition coefficient (Wildman–Crippen LogP) is 2.55. The summed E-state index contributed by atoms with van der Waals surface area (Å²) in [5.41, 5.74) is 3.77. The Balaban J connectivity index is 1.14. The van der Waals surface area contributed by atoms with Crippen LogP contribution in [0.15, 0.2) is 48.5 Å². The summed E-state index contributed by atoms with van der Waals surface area (Å²) in [7, 11) is 0. The van der Waals surface area contributed by atoms with Crippen molar-refractivity contribution in [3.05, 3.63) is 59.7 Å². The Morgan fingerprint density at radius 2 is 1.55 bits per heavy atom. The van der Waals surface area contributed by atoms with Crippen LogP contribution in [0.1, 0.15) is 35.2 Å². The van der Waals surface area contributed by atoms with E-state index < -0.39 is 0 Å². The van der Waals surface area contributed by atoms with Crippen LogP contribution in [0, 0.1) is 0 Å². The van der Waals surface area contributed by atoms with Crippen molar-refractivity contribution in [2.45, 2.75) is 25.7 Å². The lowest BCUT2D eigenvalue weighted by atomic mass is 10.1. The molecule has 5 rings (SSSR count). The molecule has 0 bridgehead atoms. The van der Waals surface area contributed by atoms with Crippen molar-refractivity contribution in [1.29, 1.82) is 0 Å². The van der Waals surface area contributed by atoms with Gasteiger partial charge in [0.2, 0.25) is 11.8 Å². The Morgan fingerprint density at radius 3 is 2.30 bits per heavy atom. The van der Waals surface area contributed by atoms with Gasteiger partial charge in [0.1, 0.15) is 0 Å². The number of piperidine rings is 1. The van der Waals surface area contributed by atoms with Crippen molar-refractivity contribution in [2.75, 3.05) is 55.6 Å². The molecule has 7 nitrogen and oxygen atoms in total. The molecule has 2 saturated heterocycles. The molecule has 172 valence electrons. The summed E-state index contributed by atoms with van der Waals surface area (Å²) in [6, 6.07) is 15.5. The van der Waals surface area contributed by atoms with Crippen LogP contribution in [0.5, 0.6) is 0 Å². The summed E-state index contributed by atoms with van der Waals surface area (Å²) in [5, 5.41) is 0. The number of benzene rings is 2. The van der Waals surface area contributed by atoms with Crippen LogP contribution in [0.4, 0.5) is 11.4 Å². The summed E-state index contributed by atoms with van der Waals surface area (Å²) in [4.78, 5) is 45.7. The lowest BCUT2D eigenvalue weighted by molar-refractivity contribution is -0.120. The molecule has 3 aliphatic heterocycles. The van der Waals surface area contributed by atoms with E-state index in [4.69, 9.17) is 0 Å². The van der Waals surface area contributed by atoms with Gasteiger partial charge in [-0.25, -0.2) is 0 Å². The summed E-state index contributed by atoms with van der Waals surface area (Å²) in [6.45, 7) is 4.46. The highest BCUT2D eigenvalue weighted by Crippen LogP contribution is 2.27. The van der Waals surface area contributed by atoms with Crippen molar-refractivity contribution >= 4 is 29.1 Å². The van der Waals surface area contributed by atoms with E-state index in [1.54, 1.807) is 0 Å². The molecule has 0 N–H and O–H groups in total. The van der Waals surface area contributed by atoms with Crippen LogP contribution in [-0.4, -0.2) is 73.3 Å². The number of amides is 3. The zero-order valence-corrected chi connectivity index (χ0v) is 18.9. The molecule has 3 amide bonds. The third-order valence-corrected chi connectivity index (χ3v) is 6.96. The van der Waals surface area contributed by atoms with Crippen molar-refractivity contribution in [3.8, 4) is 0 Å². The maximum atomic E-state index is 13.0. The van der Waals surface area contributed by atoms with E-state index >= 15 is 0 Å². The summed E-state index contributed by atoms with van der Waals surface area (Å²) in [5.74, 6) is 0.289. The maximum Gasteiger partial charge on any atom is 0.253 e. The number of anilines is 2. The summed E-state index contributed by atoms with van der Waals surface area (Å²) < 4.78 is 0. The third-order valence-electron chi connectivity index (χ3n) is 6.96. The first kappa shape index (κ1) is 21.6. The van der Waals surface area contributed by atoms with Gasteiger partial charge in [-0.15, -0.1) is 0 Å². The molecule has 0 atom stereocenters. The van der Waals surface area contributed by atoms with Gasteiger partial charge in [-0.2, -0.15) is 0 Å². The zero-order chi connectivity index (χ0) is 22.8. The standard InChI is InChI=1S/C26H30N4O3/c31-24-7-3-4-13-29(24)22-10-8-21(9-11-22)26(33)28-17-15-27(16-18-28)19-25(32)30-14-12-20-5-1-2-6-23(20)30/h1-2,5-6,8-11H,3-4,7,12-19H2. The average Bonchev–Trinajstić information content (AvgIpc) is 3.29. The average molecular weight is 447 g/mol. The van der Waals surface area contributed by atoms with E-state index in [2.05, 4.69) is 11.0 Å². The van der Waals surface area contributed by atoms with Crippen LogP contribution in [-0.2, 0) is 16.0 Å². The molecule has 2 fully saturated rings. The van der Waals surface area contributed by atoms with Crippen molar-refractivity contribution in [3.63, 3.8) is 0 Å². The number of hydrogen-bond acceptors (Lipinski definition) is 4. The maximum absolute atomic E-state index is 13.0. The van der Waals surface area contributed by atoms with Crippen LogP contribution in [0.25, 0.3) is 0 Å². The van der Waals surface area contributed by atoms with Crippen LogP contribution in [0.3, 0.4) is 0 Å².